The Hall–Kier alpha value is -5.04. The molecule has 2 aromatic carbocycles. The lowest BCUT2D eigenvalue weighted by Crippen LogP contribution is -2.34. The first-order valence-electron chi connectivity index (χ1n) is 12.8. The molecular weight excluding hydrogens is 534 g/mol. The number of esters is 2. The number of fused-ring (bicyclic) bond motifs is 1. The van der Waals surface area contributed by atoms with E-state index in [4.69, 9.17) is 14.2 Å². The lowest BCUT2D eigenvalue weighted by atomic mass is 10.2. The van der Waals surface area contributed by atoms with Crippen LogP contribution in [0, 0.1) is 0 Å². The maximum absolute atomic E-state index is 13.9. The van der Waals surface area contributed by atoms with Crippen molar-refractivity contribution >= 4 is 35.0 Å². The maximum atomic E-state index is 13.9. The highest BCUT2D eigenvalue weighted by atomic mass is 16.6. The standard InChI is InChI=1S/C28H27N5O8/c1-16(34)29-27-30-23-22(24(36)31-27)32(14-18-9-5-3-6-10-18)28(38)33(23)25-21(40-17(2)35)13-20(41-25)15-39-26(37)19-11-7-4-8-12-19/h3-12,20-21,25H,13-15H2,1-2H3,(H2,29,30,31,34,36)/t20-,21+,25+/m0/s1. The number of aromatic amines is 1. The van der Waals surface area contributed by atoms with Gasteiger partial charge in [0.15, 0.2) is 17.4 Å². The number of ether oxygens (including phenoxy) is 3. The molecule has 0 spiro atoms. The van der Waals surface area contributed by atoms with Crippen molar-refractivity contribution in [1.29, 1.82) is 0 Å². The fourth-order valence-corrected chi connectivity index (χ4v) is 4.75. The first-order chi connectivity index (χ1) is 19.7. The van der Waals surface area contributed by atoms with Crippen LogP contribution in [0.3, 0.4) is 0 Å². The topological polar surface area (TPSA) is 164 Å². The second kappa shape index (κ2) is 11.6. The number of nitrogens with zero attached hydrogens (tertiary/aromatic N) is 3. The van der Waals surface area contributed by atoms with E-state index in [1.165, 1.54) is 18.4 Å². The van der Waals surface area contributed by atoms with Gasteiger partial charge < -0.3 is 14.2 Å². The minimum Gasteiger partial charge on any atom is -0.459 e. The number of hydrogen-bond donors (Lipinski definition) is 2. The van der Waals surface area contributed by atoms with Gasteiger partial charge in [0.05, 0.1) is 18.2 Å². The van der Waals surface area contributed by atoms with Gasteiger partial charge in [-0.05, 0) is 17.7 Å². The fourth-order valence-electron chi connectivity index (χ4n) is 4.75. The molecule has 1 amide bonds. The molecule has 0 bridgehead atoms. The SMILES string of the molecule is CC(=O)Nc1nc2c(c(=O)[nH]1)n(Cc1ccccc1)c(=O)n2[C@@H]1O[C@H](COC(=O)c2ccccc2)C[C@H]1OC(C)=O. The molecule has 13 heteroatoms. The zero-order chi connectivity index (χ0) is 29.1. The number of amides is 1. The first-order valence-corrected chi connectivity index (χ1v) is 12.8. The number of anilines is 1. The van der Waals surface area contributed by atoms with Crippen LogP contribution in [0.4, 0.5) is 5.95 Å². The molecule has 0 saturated carbocycles. The molecule has 1 aliphatic heterocycles. The summed E-state index contributed by atoms with van der Waals surface area (Å²) >= 11 is 0. The fraction of sp³-hybridized carbons (Fsp3) is 0.286. The van der Waals surface area contributed by atoms with Crippen LogP contribution in [0.25, 0.3) is 11.2 Å². The average Bonchev–Trinajstić information content (AvgIpc) is 3.44. The van der Waals surface area contributed by atoms with E-state index < -0.39 is 47.5 Å². The third kappa shape index (κ3) is 5.94. The molecule has 0 aliphatic carbocycles. The van der Waals surface area contributed by atoms with Crippen molar-refractivity contribution in [3.05, 3.63) is 92.6 Å². The third-order valence-electron chi connectivity index (χ3n) is 6.42. The molecule has 1 fully saturated rings. The Morgan fingerprint density at radius 1 is 1.05 bits per heavy atom. The number of nitrogens with one attached hydrogen (secondary N) is 2. The second-order valence-electron chi connectivity index (χ2n) is 9.49. The molecule has 2 aromatic heterocycles. The van der Waals surface area contributed by atoms with Crippen molar-refractivity contribution in [2.75, 3.05) is 11.9 Å². The number of hydrogen-bond acceptors (Lipinski definition) is 9. The van der Waals surface area contributed by atoms with Crippen LogP contribution in [0.5, 0.6) is 0 Å². The highest BCUT2D eigenvalue weighted by molar-refractivity contribution is 5.89. The number of benzene rings is 2. The average molecular weight is 562 g/mol. The number of H-pyrrole nitrogens is 1. The molecule has 1 aliphatic rings. The van der Waals surface area contributed by atoms with E-state index in [0.717, 1.165) is 10.1 Å². The Balaban J connectivity index is 1.55. The summed E-state index contributed by atoms with van der Waals surface area (Å²) in [5, 5.41) is 2.42. The quantitative estimate of drug-likeness (QED) is 0.306. The maximum Gasteiger partial charge on any atom is 0.338 e. The van der Waals surface area contributed by atoms with Crippen LogP contribution in [-0.2, 0) is 30.3 Å². The van der Waals surface area contributed by atoms with Gasteiger partial charge in [0, 0.05) is 20.3 Å². The van der Waals surface area contributed by atoms with Crippen molar-refractivity contribution in [2.24, 2.45) is 0 Å². The van der Waals surface area contributed by atoms with Crippen LogP contribution in [0.2, 0.25) is 0 Å². The summed E-state index contributed by atoms with van der Waals surface area (Å²) in [6, 6.07) is 17.4. The molecule has 2 N–H and O–H groups in total. The van der Waals surface area contributed by atoms with Gasteiger partial charge in [0.25, 0.3) is 5.56 Å². The van der Waals surface area contributed by atoms with Crippen molar-refractivity contribution in [3.63, 3.8) is 0 Å². The highest BCUT2D eigenvalue weighted by Crippen LogP contribution is 2.33. The number of aromatic nitrogens is 4. The third-order valence-corrected chi connectivity index (χ3v) is 6.42. The van der Waals surface area contributed by atoms with Gasteiger partial charge in [-0.25, -0.2) is 14.2 Å². The van der Waals surface area contributed by atoms with Gasteiger partial charge in [-0.1, -0.05) is 48.5 Å². The van der Waals surface area contributed by atoms with Crippen LogP contribution in [-0.4, -0.2) is 55.8 Å². The number of carbonyl (C=O) groups is 3. The van der Waals surface area contributed by atoms with E-state index in [1.807, 2.05) is 6.07 Å². The minimum atomic E-state index is -1.20. The zero-order valence-electron chi connectivity index (χ0n) is 22.2. The van der Waals surface area contributed by atoms with Gasteiger partial charge in [-0.3, -0.25) is 29.3 Å². The van der Waals surface area contributed by atoms with Gasteiger partial charge in [-0.2, -0.15) is 4.98 Å². The van der Waals surface area contributed by atoms with E-state index in [1.54, 1.807) is 54.6 Å². The second-order valence-corrected chi connectivity index (χ2v) is 9.49. The number of carbonyl (C=O) groups excluding carboxylic acids is 3. The molecule has 41 heavy (non-hydrogen) atoms. The van der Waals surface area contributed by atoms with Crippen LogP contribution >= 0.6 is 0 Å². The summed E-state index contributed by atoms with van der Waals surface area (Å²) < 4.78 is 19.4. The molecule has 212 valence electrons. The summed E-state index contributed by atoms with van der Waals surface area (Å²) in [6.07, 6.45) is -2.81. The molecule has 3 atom stereocenters. The van der Waals surface area contributed by atoms with Crippen molar-refractivity contribution < 1.29 is 28.6 Å². The molecule has 4 aromatic rings. The smallest absolute Gasteiger partial charge is 0.338 e. The predicted octanol–water partition coefficient (Wildman–Crippen LogP) is 1.97. The van der Waals surface area contributed by atoms with E-state index in [2.05, 4.69) is 15.3 Å². The Labute approximate surface area is 232 Å². The normalized spacial score (nSPS) is 18.2. The number of imidazole rings is 1. The summed E-state index contributed by atoms with van der Waals surface area (Å²) in [4.78, 5) is 70.1. The monoisotopic (exact) mass is 561 g/mol. The molecule has 13 nitrogen and oxygen atoms in total. The zero-order valence-corrected chi connectivity index (χ0v) is 22.2. The first kappa shape index (κ1) is 27.5. The predicted molar refractivity (Wildman–Crippen MR) is 145 cm³/mol. The van der Waals surface area contributed by atoms with Gasteiger partial charge in [0.2, 0.25) is 11.9 Å². The van der Waals surface area contributed by atoms with Crippen LogP contribution in [0.15, 0.2) is 70.3 Å². The summed E-state index contributed by atoms with van der Waals surface area (Å²) in [7, 11) is 0. The van der Waals surface area contributed by atoms with Crippen molar-refractivity contribution in [1.82, 2.24) is 19.1 Å². The Morgan fingerprint density at radius 2 is 1.73 bits per heavy atom. The van der Waals surface area contributed by atoms with E-state index >= 15 is 0 Å². The Bertz CT molecular complexity index is 1710. The summed E-state index contributed by atoms with van der Waals surface area (Å²) in [5.41, 5.74) is -0.354. The highest BCUT2D eigenvalue weighted by Gasteiger charge is 2.42. The van der Waals surface area contributed by atoms with Crippen LogP contribution in [0.1, 0.15) is 42.4 Å². The molecule has 3 heterocycles. The van der Waals surface area contributed by atoms with E-state index in [0.29, 0.717) is 5.56 Å². The van der Waals surface area contributed by atoms with Gasteiger partial charge in [-0.15, -0.1) is 0 Å². The Kier molecular flexibility index (Phi) is 7.79. The van der Waals surface area contributed by atoms with Crippen LogP contribution < -0.4 is 16.6 Å². The lowest BCUT2D eigenvalue weighted by molar-refractivity contribution is -0.152. The number of rotatable bonds is 8. The summed E-state index contributed by atoms with van der Waals surface area (Å²) in [5.74, 6) is -1.83. The summed E-state index contributed by atoms with van der Waals surface area (Å²) in [6.45, 7) is 2.33. The van der Waals surface area contributed by atoms with Gasteiger partial charge in [0.1, 0.15) is 12.7 Å². The van der Waals surface area contributed by atoms with E-state index in [-0.39, 0.29) is 36.7 Å². The molecular formula is C28H27N5O8. The molecule has 5 rings (SSSR count). The van der Waals surface area contributed by atoms with Crippen molar-refractivity contribution in [2.45, 2.75) is 45.2 Å². The van der Waals surface area contributed by atoms with Crippen molar-refractivity contribution in [3.8, 4) is 0 Å². The van der Waals surface area contributed by atoms with E-state index in [9.17, 15) is 24.0 Å². The molecule has 0 unspecified atom stereocenters. The Morgan fingerprint density at radius 3 is 2.39 bits per heavy atom. The van der Waals surface area contributed by atoms with Gasteiger partial charge >= 0.3 is 17.6 Å². The minimum absolute atomic E-state index is 0.0382. The molecule has 0 radical (unpaired) electrons. The largest absolute Gasteiger partial charge is 0.459 e. The molecule has 1 saturated heterocycles. The lowest BCUT2D eigenvalue weighted by Gasteiger charge is -2.19.